The van der Waals surface area contributed by atoms with E-state index in [2.05, 4.69) is 85.1 Å². The van der Waals surface area contributed by atoms with Crippen LogP contribution in [0.5, 0.6) is 0 Å². The summed E-state index contributed by atoms with van der Waals surface area (Å²) in [5.74, 6) is 1.18. The van der Waals surface area contributed by atoms with Crippen LogP contribution in [0, 0.1) is 0 Å². The molecule has 0 radical (unpaired) electrons. The van der Waals surface area contributed by atoms with Gasteiger partial charge < -0.3 is 9.47 Å². The van der Waals surface area contributed by atoms with Crippen LogP contribution in [0.25, 0.3) is 11.0 Å². The summed E-state index contributed by atoms with van der Waals surface area (Å²) in [7, 11) is 4.24. The molecule has 0 fully saturated rings. The molecule has 0 saturated carbocycles. The minimum absolute atomic E-state index is 0.290. The number of imidazole rings is 1. The highest BCUT2D eigenvalue weighted by atomic mass is 15.1. The number of aryl methyl sites for hydroxylation is 1. The van der Waals surface area contributed by atoms with Crippen molar-refractivity contribution in [1.29, 1.82) is 0 Å². The van der Waals surface area contributed by atoms with Gasteiger partial charge in [0, 0.05) is 6.42 Å². The van der Waals surface area contributed by atoms with Gasteiger partial charge in [-0.05, 0) is 51.7 Å². The van der Waals surface area contributed by atoms with Crippen molar-refractivity contribution in [3.8, 4) is 0 Å². The van der Waals surface area contributed by atoms with Crippen molar-refractivity contribution in [2.75, 3.05) is 20.6 Å². The van der Waals surface area contributed by atoms with Crippen LogP contribution in [0.2, 0.25) is 0 Å². The minimum atomic E-state index is 0.290. The summed E-state index contributed by atoms with van der Waals surface area (Å²) in [5, 5.41) is 0. The minimum Gasteiger partial charge on any atom is -0.321 e. The van der Waals surface area contributed by atoms with Crippen molar-refractivity contribution < 1.29 is 0 Å². The summed E-state index contributed by atoms with van der Waals surface area (Å²) in [6.07, 6.45) is 2.13. The largest absolute Gasteiger partial charge is 0.321 e. The lowest BCUT2D eigenvalue weighted by atomic mass is 10.1. The summed E-state index contributed by atoms with van der Waals surface area (Å²) in [4.78, 5) is 7.13. The van der Waals surface area contributed by atoms with Gasteiger partial charge in [-0.15, -0.1) is 0 Å². The maximum Gasteiger partial charge on any atom is 0.110 e. The Morgan fingerprint density at radius 2 is 1.70 bits per heavy atom. The predicted molar refractivity (Wildman–Crippen MR) is 96.9 cm³/mol. The molecule has 3 rings (SSSR count). The Hall–Kier alpha value is -2.13. The van der Waals surface area contributed by atoms with Gasteiger partial charge in [0.2, 0.25) is 0 Å². The number of hydrogen-bond donors (Lipinski definition) is 0. The first kappa shape index (κ1) is 15.8. The summed E-state index contributed by atoms with van der Waals surface area (Å²) >= 11 is 0. The van der Waals surface area contributed by atoms with E-state index in [-0.39, 0.29) is 6.04 Å². The third-order valence-corrected chi connectivity index (χ3v) is 4.34. The molecule has 0 spiro atoms. The van der Waals surface area contributed by atoms with Crippen LogP contribution in [0.4, 0.5) is 0 Å². The SMILES string of the molecule is CC(c1ccccc1)n1c(CCCN(C)C)nc2ccccc21. The smallest absolute Gasteiger partial charge is 0.110 e. The Bertz CT molecular complexity index is 759. The van der Waals surface area contributed by atoms with Gasteiger partial charge in [0.1, 0.15) is 5.82 Å². The molecule has 120 valence electrons. The lowest BCUT2D eigenvalue weighted by molar-refractivity contribution is 0.396. The molecular formula is C20H25N3. The van der Waals surface area contributed by atoms with Crippen LogP contribution in [0.3, 0.4) is 0 Å². The lowest BCUT2D eigenvalue weighted by Gasteiger charge is -2.18. The molecule has 0 N–H and O–H groups in total. The Balaban J connectivity index is 1.99. The first-order valence-electron chi connectivity index (χ1n) is 8.32. The second kappa shape index (κ2) is 6.97. The van der Waals surface area contributed by atoms with Gasteiger partial charge in [-0.25, -0.2) is 4.98 Å². The Morgan fingerprint density at radius 3 is 2.43 bits per heavy atom. The molecule has 3 heteroatoms. The van der Waals surface area contributed by atoms with E-state index >= 15 is 0 Å². The molecule has 2 aromatic carbocycles. The fourth-order valence-electron chi connectivity index (χ4n) is 3.14. The van der Waals surface area contributed by atoms with E-state index in [4.69, 9.17) is 4.98 Å². The van der Waals surface area contributed by atoms with E-state index in [0.717, 1.165) is 24.9 Å². The van der Waals surface area contributed by atoms with Crippen molar-refractivity contribution in [1.82, 2.24) is 14.5 Å². The average molecular weight is 307 g/mol. The normalized spacial score (nSPS) is 12.9. The summed E-state index contributed by atoms with van der Waals surface area (Å²) in [5.41, 5.74) is 3.64. The second-order valence-corrected chi connectivity index (χ2v) is 6.38. The summed E-state index contributed by atoms with van der Waals surface area (Å²) in [6.45, 7) is 3.35. The highest BCUT2D eigenvalue weighted by Gasteiger charge is 2.16. The van der Waals surface area contributed by atoms with E-state index < -0.39 is 0 Å². The first-order valence-corrected chi connectivity index (χ1v) is 8.32. The molecular weight excluding hydrogens is 282 g/mol. The summed E-state index contributed by atoms with van der Waals surface area (Å²) < 4.78 is 2.40. The molecule has 0 amide bonds. The van der Waals surface area contributed by atoms with Gasteiger partial charge in [-0.2, -0.15) is 0 Å². The topological polar surface area (TPSA) is 21.1 Å². The number of rotatable bonds is 6. The van der Waals surface area contributed by atoms with E-state index in [1.165, 1.54) is 16.9 Å². The number of aromatic nitrogens is 2. The average Bonchev–Trinajstić information content (AvgIpc) is 2.93. The van der Waals surface area contributed by atoms with Crippen molar-refractivity contribution >= 4 is 11.0 Å². The zero-order valence-corrected chi connectivity index (χ0v) is 14.2. The zero-order chi connectivity index (χ0) is 16.2. The van der Waals surface area contributed by atoms with Gasteiger partial charge >= 0.3 is 0 Å². The maximum atomic E-state index is 4.90. The maximum absolute atomic E-state index is 4.90. The van der Waals surface area contributed by atoms with E-state index in [1.54, 1.807) is 0 Å². The Kier molecular flexibility index (Phi) is 4.77. The van der Waals surface area contributed by atoms with Crippen LogP contribution < -0.4 is 0 Å². The molecule has 1 heterocycles. The van der Waals surface area contributed by atoms with E-state index in [0.29, 0.717) is 0 Å². The van der Waals surface area contributed by atoms with Gasteiger partial charge in [0.15, 0.2) is 0 Å². The highest BCUT2D eigenvalue weighted by Crippen LogP contribution is 2.26. The monoisotopic (exact) mass is 307 g/mol. The molecule has 3 aromatic rings. The Labute approximate surface area is 138 Å². The first-order chi connectivity index (χ1) is 11.2. The quantitative estimate of drug-likeness (QED) is 0.682. The van der Waals surface area contributed by atoms with Crippen LogP contribution >= 0.6 is 0 Å². The molecule has 0 saturated heterocycles. The summed E-state index contributed by atoms with van der Waals surface area (Å²) in [6, 6.07) is 19.4. The fraction of sp³-hybridized carbons (Fsp3) is 0.350. The molecule has 3 nitrogen and oxygen atoms in total. The lowest BCUT2D eigenvalue weighted by Crippen LogP contribution is -2.16. The van der Waals surface area contributed by atoms with Crippen LogP contribution in [-0.2, 0) is 6.42 Å². The highest BCUT2D eigenvalue weighted by molar-refractivity contribution is 5.76. The van der Waals surface area contributed by atoms with Gasteiger partial charge in [0.25, 0.3) is 0 Å². The number of fused-ring (bicyclic) bond motifs is 1. The van der Waals surface area contributed by atoms with E-state index in [1.807, 2.05) is 0 Å². The van der Waals surface area contributed by atoms with Gasteiger partial charge in [-0.1, -0.05) is 42.5 Å². The zero-order valence-electron chi connectivity index (χ0n) is 14.2. The molecule has 0 aliphatic carbocycles. The van der Waals surface area contributed by atoms with Gasteiger partial charge in [0.05, 0.1) is 17.1 Å². The molecule has 0 aliphatic rings. The van der Waals surface area contributed by atoms with Crippen molar-refractivity contribution in [3.63, 3.8) is 0 Å². The molecule has 1 atom stereocenters. The number of benzene rings is 2. The van der Waals surface area contributed by atoms with Crippen LogP contribution in [0.1, 0.15) is 30.8 Å². The Morgan fingerprint density at radius 1 is 1.00 bits per heavy atom. The third-order valence-electron chi connectivity index (χ3n) is 4.34. The molecule has 1 aromatic heterocycles. The number of para-hydroxylation sites is 2. The third kappa shape index (κ3) is 3.45. The fourth-order valence-corrected chi connectivity index (χ4v) is 3.14. The molecule has 0 bridgehead atoms. The van der Waals surface area contributed by atoms with Crippen molar-refractivity contribution in [2.24, 2.45) is 0 Å². The second-order valence-electron chi connectivity index (χ2n) is 6.38. The van der Waals surface area contributed by atoms with E-state index in [9.17, 15) is 0 Å². The van der Waals surface area contributed by atoms with Crippen molar-refractivity contribution in [3.05, 3.63) is 66.0 Å². The van der Waals surface area contributed by atoms with Crippen LogP contribution in [0.15, 0.2) is 54.6 Å². The number of hydrogen-bond acceptors (Lipinski definition) is 2. The van der Waals surface area contributed by atoms with Crippen molar-refractivity contribution in [2.45, 2.75) is 25.8 Å². The molecule has 23 heavy (non-hydrogen) atoms. The molecule has 1 unspecified atom stereocenters. The van der Waals surface area contributed by atoms with Crippen LogP contribution in [-0.4, -0.2) is 35.1 Å². The standard InChI is InChI=1S/C20H25N3/c1-16(17-10-5-4-6-11-17)23-19-13-8-7-12-18(19)21-20(23)14-9-15-22(2)3/h4-8,10-13,16H,9,14-15H2,1-3H3. The predicted octanol–water partition coefficient (Wildman–Crippen LogP) is 4.14. The van der Waals surface area contributed by atoms with Gasteiger partial charge in [-0.3, -0.25) is 0 Å². The molecule has 0 aliphatic heterocycles. The number of nitrogens with zero attached hydrogens (tertiary/aromatic N) is 3.